The number of nitrogens with zero attached hydrogens (tertiary/aromatic N) is 5. The lowest BCUT2D eigenvalue weighted by Gasteiger charge is -2.30. The molecule has 0 N–H and O–H groups in total. The van der Waals surface area contributed by atoms with Gasteiger partial charge in [-0.2, -0.15) is 4.98 Å². The van der Waals surface area contributed by atoms with Gasteiger partial charge < -0.3 is 9.80 Å². The van der Waals surface area contributed by atoms with Crippen LogP contribution in [-0.4, -0.2) is 54.5 Å². The van der Waals surface area contributed by atoms with Crippen LogP contribution >= 0.6 is 0 Å². The summed E-state index contributed by atoms with van der Waals surface area (Å²) in [5.74, 6) is 2.29. The number of amides is 1. The number of rotatable bonds is 8. The number of benzene rings is 1. The summed E-state index contributed by atoms with van der Waals surface area (Å²) in [6, 6.07) is 10.6. The molecule has 2 heterocycles. The van der Waals surface area contributed by atoms with Crippen molar-refractivity contribution >= 4 is 17.7 Å². The molecule has 0 atom stereocenters. The Kier molecular flexibility index (Phi) is 7.17. The highest BCUT2D eigenvalue weighted by Gasteiger charge is 2.23. The molecule has 0 radical (unpaired) electrons. The molecule has 6 nitrogen and oxygen atoms in total. The van der Waals surface area contributed by atoms with Crippen LogP contribution in [0.5, 0.6) is 0 Å². The van der Waals surface area contributed by atoms with Gasteiger partial charge in [-0.1, -0.05) is 49.9 Å². The van der Waals surface area contributed by atoms with Gasteiger partial charge in [0, 0.05) is 38.8 Å². The molecule has 0 bridgehead atoms. The number of carbonyl (C=O) groups is 1. The molecule has 1 amide bonds. The maximum absolute atomic E-state index is 13.2. The summed E-state index contributed by atoms with van der Waals surface area (Å²) in [6.45, 7) is 3.18. The average molecular weight is 422 g/mol. The predicted octanol–water partition coefficient (Wildman–Crippen LogP) is 3.90. The normalized spacial score (nSPS) is 16.5. The Morgan fingerprint density at radius 1 is 1.10 bits per heavy atom. The third-order valence-corrected chi connectivity index (χ3v) is 6.64. The molecule has 0 saturated heterocycles. The fraction of sp³-hybridized carbons (Fsp3) is 0.560. The molecule has 0 unspecified atom stereocenters. The quantitative estimate of drug-likeness (QED) is 0.647. The Labute approximate surface area is 186 Å². The van der Waals surface area contributed by atoms with Gasteiger partial charge in [0.1, 0.15) is 5.82 Å². The van der Waals surface area contributed by atoms with E-state index in [-0.39, 0.29) is 5.91 Å². The lowest BCUT2D eigenvalue weighted by molar-refractivity contribution is -0.119. The van der Waals surface area contributed by atoms with Gasteiger partial charge in [0.05, 0.1) is 0 Å². The average Bonchev–Trinajstić information content (AvgIpc) is 3.31. The van der Waals surface area contributed by atoms with Crippen molar-refractivity contribution in [3.8, 4) is 0 Å². The Hall–Kier alpha value is -2.47. The van der Waals surface area contributed by atoms with Gasteiger partial charge in [0.2, 0.25) is 11.9 Å². The van der Waals surface area contributed by atoms with Crippen molar-refractivity contribution in [2.75, 3.05) is 43.5 Å². The molecule has 1 fully saturated rings. The van der Waals surface area contributed by atoms with Gasteiger partial charge in [-0.3, -0.25) is 9.69 Å². The first kappa shape index (κ1) is 21.8. The van der Waals surface area contributed by atoms with Crippen LogP contribution in [0.25, 0.3) is 0 Å². The zero-order valence-electron chi connectivity index (χ0n) is 19.0. The number of hydrogen-bond acceptors (Lipinski definition) is 5. The first-order valence-corrected chi connectivity index (χ1v) is 11.7. The van der Waals surface area contributed by atoms with Crippen LogP contribution in [0.3, 0.4) is 0 Å². The van der Waals surface area contributed by atoms with E-state index in [0.717, 1.165) is 38.3 Å². The first-order chi connectivity index (χ1) is 15.1. The van der Waals surface area contributed by atoms with Crippen LogP contribution < -0.4 is 9.80 Å². The first-order valence-electron chi connectivity index (χ1n) is 11.7. The molecule has 1 saturated carbocycles. The largest absolute Gasteiger partial charge is 0.352 e. The monoisotopic (exact) mass is 421 g/mol. The van der Waals surface area contributed by atoms with Gasteiger partial charge in [-0.25, -0.2) is 4.98 Å². The fourth-order valence-electron chi connectivity index (χ4n) is 4.73. The highest BCUT2D eigenvalue weighted by molar-refractivity contribution is 5.91. The minimum Gasteiger partial charge on any atom is -0.352 e. The predicted molar refractivity (Wildman–Crippen MR) is 125 cm³/mol. The molecule has 6 heteroatoms. The highest BCUT2D eigenvalue weighted by atomic mass is 16.2. The van der Waals surface area contributed by atoms with E-state index in [9.17, 15) is 4.79 Å². The topological polar surface area (TPSA) is 52.6 Å². The minimum atomic E-state index is 0.148. The smallest absolute Gasteiger partial charge is 0.234 e. The zero-order valence-corrected chi connectivity index (χ0v) is 19.0. The number of likely N-dealkylation sites (N-methyl/N-ethyl adjacent to an activating group) is 1. The zero-order chi connectivity index (χ0) is 21.6. The van der Waals surface area contributed by atoms with Gasteiger partial charge in [0.25, 0.3) is 0 Å². The van der Waals surface area contributed by atoms with Crippen molar-refractivity contribution < 1.29 is 4.79 Å². The summed E-state index contributed by atoms with van der Waals surface area (Å²) in [4.78, 5) is 28.7. The lowest BCUT2D eigenvalue weighted by Crippen LogP contribution is -2.38. The van der Waals surface area contributed by atoms with Gasteiger partial charge in [-0.05, 0) is 50.0 Å². The van der Waals surface area contributed by atoms with Gasteiger partial charge in [-0.15, -0.1) is 0 Å². The summed E-state index contributed by atoms with van der Waals surface area (Å²) in [6.07, 6.45) is 9.55. The molecule has 166 valence electrons. The molecule has 1 aliphatic carbocycles. The van der Waals surface area contributed by atoms with E-state index in [0.29, 0.717) is 24.8 Å². The van der Waals surface area contributed by atoms with Gasteiger partial charge in [0.15, 0.2) is 0 Å². The molecule has 31 heavy (non-hydrogen) atoms. The summed E-state index contributed by atoms with van der Waals surface area (Å²) in [7, 11) is 4.06. The van der Waals surface area contributed by atoms with Crippen molar-refractivity contribution in [3.63, 3.8) is 0 Å². The third-order valence-electron chi connectivity index (χ3n) is 6.64. The van der Waals surface area contributed by atoms with E-state index in [4.69, 9.17) is 4.98 Å². The molecule has 1 aliphatic heterocycles. The van der Waals surface area contributed by atoms with Crippen LogP contribution in [-0.2, 0) is 17.8 Å². The number of anilines is 2. The lowest BCUT2D eigenvalue weighted by atomic mass is 10.00. The van der Waals surface area contributed by atoms with Crippen molar-refractivity contribution in [2.45, 2.75) is 51.5 Å². The number of hydrogen-bond donors (Lipinski definition) is 0. The second-order valence-corrected chi connectivity index (χ2v) is 9.19. The molecule has 2 aromatic rings. The van der Waals surface area contributed by atoms with E-state index in [1.165, 1.54) is 36.8 Å². The molecule has 1 aromatic carbocycles. The highest BCUT2D eigenvalue weighted by Crippen LogP contribution is 2.29. The van der Waals surface area contributed by atoms with E-state index in [1.54, 1.807) is 11.1 Å². The molecule has 4 rings (SSSR count). The SMILES string of the molecule is CN(C)CCN(C(=O)CCC1CCCC1)c1nccc(N2CCc3ccccc3C2)n1. The number of fused-ring (bicyclic) bond motifs is 1. The summed E-state index contributed by atoms with van der Waals surface area (Å²) < 4.78 is 0. The second-order valence-electron chi connectivity index (χ2n) is 9.19. The molecule has 0 spiro atoms. The summed E-state index contributed by atoms with van der Waals surface area (Å²) >= 11 is 0. The summed E-state index contributed by atoms with van der Waals surface area (Å²) in [5.41, 5.74) is 2.77. The van der Waals surface area contributed by atoms with E-state index >= 15 is 0 Å². The van der Waals surface area contributed by atoms with E-state index < -0.39 is 0 Å². The Balaban J connectivity index is 1.49. The minimum absolute atomic E-state index is 0.148. The molecule has 2 aliphatic rings. The number of aromatic nitrogens is 2. The maximum Gasteiger partial charge on any atom is 0.234 e. The summed E-state index contributed by atoms with van der Waals surface area (Å²) in [5, 5.41) is 0. The van der Waals surface area contributed by atoms with E-state index in [2.05, 4.69) is 39.0 Å². The van der Waals surface area contributed by atoms with Crippen molar-refractivity contribution in [1.29, 1.82) is 0 Å². The second kappa shape index (κ2) is 10.2. The van der Waals surface area contributed by atoms with Crippen molar-refractivity contribution in [1.82, 2.24) is 14.9 Å². The molecular weight excluding hydrogens is 386 g/mol. The Morgan fingerprint density at radius 2 is 1.87 bits per heavy atom. The fourth-order valence-corrected chi connectivity index (χ4v) is 4.73. The Morgan fingerprint density at radius 3 is 2.65 bits per heavy atom. The Bertz CT molecular complexity index is 878. The third kappa shape index (κ3) is 5.62. The van der Waals surface area contributed by atoms with Crippen LogP contribution in [0.2, 0.25) is 0 Å². The van der Waals surface area contributed by atoms with Gasteiger partial charge >= 0.3 is 0 Å². The van der Waals surface area contributed by atoms with Crippen molar-refractivity contribution in [2.24, 2.45) is 5.92 Å². The van der Waals surface area contributed by atoms with Crippen LogP contribution in [0.4, 0.5) is 11.8 Å². The molecular formula is C25H35N5O. The van der Waals surface area contributed by atoms with Crippen LogP contribution in [0.1, 0.15) is 49.7 Å². The van der Waals surface area contributed by atoms with Crippen LogP contribution in [0.15, 0.2) is 36.5 Å². The maximum atomic E-state index is 13.2. The standard InChI is InChI=1S/C25H35N5O/c1-28(2)17-18-30(24(31)12-11-20-7-3-4-8-20)25-26-15-13-23(27-25)29-16-14-21-9-5-6-10-22(21)19-29/h5-6,9-10,13,15,20H,3-4,7-8,11-12,14,16-19H2,1-2H3. The van der Waals surface area contributed by atoms with Crippen molar-refractivity contribution in [3.05, 3.63) is 47.7 Å². The van der Waals surface area contributed by atoms with Crippen LogP contribution in [0, 0.1) is 5.92 Å². The van der Waals surface area contributed by atoms with E-state index in [1.807, 2.05) is 20.2 Å². The molecule has 1 aromatic heterocycles. The number of carbonyl (C=O) groups excluding carboxylic acids is 1.